The van der Waals surface area contributed by atoms with E-state index >= 15 is 0 Å². The summed E-state index contributed by atoms with van der Waals surface area (Å²) in [6.45, 7) is 8.23. The van der Waals surface area contributed by atoms with E-state index in [1.54, 1.807) is 25.9 Å². The van der Waals surface area contributed by atoms with Crippen molar-refractivity contribution in [2.45, 2.75) is 39.3 Å². The monoisotopic (exact) mass is 242 g/mol. The molecule has 1 fully saturated rings. The van der Waals surface area contributed by atoms with Gasteiger partial charge in [0.15, 0.2) is 0 Å². The van der Waals surface area contributed by atoms with Crippen molar-refractivity contribution in [1.29, 1.82) is 0 Å². The number of rotatable bonds is 4. The number of carbonyl (C=O) groups excluding carboxylic acids is 2. The molecule has 0 aromatic carbocycles. The van der Waals surface area contributed by atoms with Crippen LogP contribution in [0.4, 0.5) is 0 Å². The smallest absolute Gasteiger partial charge is 0.248 e. The van der Waals surface area contributed by atoms with Crippen LogP contribution in [0.3, 0.4) is 0 Å². The van der Waals surface area contributed by atoms with Gasteiger partial charge < -0.3 is 15.0 Å². The molecule has 1 aliphatic rings. The van der Waals surface area contributed by atoms with Crippen molar-refractivity contribution < 1.29 is 14.3 Å². The fourth-order valence-corrected chi connectivity index (χ4v) is 2.16. The number of methoxy groups -OCH3 is 1. The fraction of sp³-hybridized carbons (Fsp3) is 0.833. The minimum Gasteiger partial charge on any atom is -0.383 e. The minimum atomic E-state index is -0.823. The van der Waals surface area contributed by atoms with Gasteiger partial charge in [0, 0.05) is 13.7 Å². The SMILES string of the molecule is COCCN1C(=O)C(C)(C)NC(=O)C1C(C)C. The molecule has 5 nitrogen and oxygen atoms in total. The number of hydrogen-bond acceptors (Lipinski definition) is 3. The number of nitrogens with one attached hydrogen (secondary N) is 1. The van der Waals surface area contributed by atoms with Crippen molar-refractivity contribution in [2.75, 3.05) is 20.3 Å². The highest BCUT2D eigenvalue weighted by Gasteiger charge is 2.45. The molecule has 1 unspecified atom stereocenters. The highest BCUT2D eigenvalue weighted by Crippen LogP contribution is 2.22. The van der Waals surface area contributed by atoms with Gasteiger partial charge in [0.2, 0.25) is 11.8 Å². The standard InChI is InChI=1S/C12H22N2O3/c1-8(2)9-10(15)13-12(3,4)11(16)14(9)6-7-17-5/h8-9H,6-7H2,1-5H3,(H,13,15). The molecule has 0 saturated carbocycles. The van der Waals surface area contributed by atoms with Crippen LogP contribution in [-0.2, 0) is 14.3 Å². The molecule has 1 heterocycles. The second-order valence-corrected chi connectivity index (χ2v) is 5.29. The first-order chi connectivity index (χ1) is 7.81. The van der Waals surface area contributed by atoms with Crippen LogP contribution in [0.25, 0.3) is 0 Å². The first-order valence-corrected chi connectivity index (χ1v) is 5.93. The molecule has 0 bridgehead atoms. The summed E-state index contributed by atoms with van der Waals surface area (Å²) in [4.78, 5) is 25.9. The second kappa shape index (κ2) is 5.04. The average Bonchev–Trinajstić information content (AvgIpc) is 2.19. The van der Waals surface area contributed by atoms with E-state index < -0.39 is 11.6 Å². The van der Waals surface area contributed by atoms with Gasteiger partial charge in [-0.25, -0.2) is 0 Å². The predicted octanol–water partition coefficient (Wildman–Crippen LogP) is 0.394. The molecule has 0 spiro atoms. The van der Waals surface area contributed by atoms with E-state index in [1.165, 1.54) is 0 Å². The normalized spacial score (nSPS) is 24.1. The zero-order valence-corrected chi connectivity index (χ0v) is 11.2. The van der Waals surface area contributed by atoms with Gasteiger partial charge in [0.1, 0.15) is 11.6 Å². The molecule has 17 heavy (non-hydrogen) atoms. The maximum absolute atomic E-state index is 12.3. The number of piperazine rings is 1. The molecule has 0 radical (unpaired) electrons. The van der Waals surface area contributed by atoms with Crippen molar-refractivity contribution in [1.82, 2.24) is 10.2 Å². The second-order valence-electron chi connectivity index (χ2n) is 5.29. The maximum atomic E-state index is 12.3. The molecule has 0 aromatic rings. The Morgan fingerprint density at radius 2 is 2.00 bits per heavy atom. The van der Waals surface area contributed by atoms with Crippen LogP contribution >= 0.6 is 0 Å². The lowest BCUT2D eigenvalue weighted by molar-refractivity contribution is -0.156. The molecular formula is C12H22N2O3. The zero-order valence-electron chi connectivity index (χ0n) is 11.2. The topological polar surface area (TPSA) is 58.6 Å². The van der Waals surface area contributed by atoms with Gasteiger partial charge in [-0.3, -0.25) is 9.59 Å². The number of amides is 2. The van der Waals surface area contributed by atoms with Crippen LogP contribution in [-0.4, -0.2) is 48.6 Å². The van der Waals surface area contributed by atoms with Crippen molar-refractivity contribution in [3.05, 3.63) is 0 Å². The molecular weight excluding hydrogens is 220 g/mol. The van der Waals surface area contributed by atoms with E-state index in [0.29, 0.717) is 13.2 Å². The summed E-state index contributed by atoms with van der Waals surface area (Å²) < 4.78 is 5.00. The summed E-state index contributed by atoms with van der Waals surface area (Å²) in [6, 6.07) is -0.398. The van der Waals surface area contributed by atoms with E-state index in [9.17, 15) is 9.59 Å². The Morgan fingerprint density at radius 1 is 1.41 bits per heavy atom. The highest BCUT2D eigenvalue weighted by molar-refractivity contribution is 5.99. The van der Waals surface area contributed by atoms with Crippen LogP contribution < -0.4 is 5.32 Å². The molecule has 0 aliphatic carbocycles. The largest absolute Gasteiger partial charge is 0.383 e. The van der Waals surface area contributed by atoms with E-state index in [4.69, 9.17) is 4.74 Å². The Bertz CT molecular complexity index is 313. The summed E-state index contributed by atoms with van der Waals surface area (Å²) in [5, 5.41) is 2.77. The van der Waals surface area contributed by atoms with Gasteiger partial charge in [-0.15, -0.1) is 0 Å². The third kappa shape index (κ3) is 2.77. The summed E-state index contributed by atoms with van der Waals surface area (Å²) in [5.41, 5.74) is -0.823. The van der Waals surface area contributed by atoms with Gasteiger partial charge in [-0.05, 0) is 19.8 Å². The zero-order chi connectivity index (χ0) is 13.2. The van der Waals surface area contributed by atoms with Crippen molar-refractivity contribution in [3.63, 3.8) is 0 Å². The Balaban J connectivity index is 2.96. The average molecular weight is 242 g/mol. The van der Waals surface area contributed by atoms with Gasteiger partial charge >= 0.3 is 0 Å². The summed E-state index contributed by atoms with van der Waals surface area (Å²) in [5.74, 6) is -0.0412. The third-order valence-electron chi connectivity index (χ3n) is 3.00. The lowest BCUT2D eigenvalue weighted by Gasteiger charge is -2.44. The van der Waals surface area contributed by atoms with Crippen molar-refractivity contribution in [3.8, 4) is 0 Å². The highest BCUT2D eigenvalue weighted by atomic mass is 16.5. The molecule has 5 heteroatoms. The Hall–Kier alpha value is -1.10. The quantitative estimate of drug-likeness (QED) is 0.776. The number of hydrogen-bond donors (Lipinski definition) is 1. The molecule has 2 amide bonds. The van der Waals surface area contributed by atoms with Gasteiger partial charge in [0.05, 0.1) is 6.61 Å². The Morgan fingerprint density at radius 3 is 2.47 bits per heavy atom. The van der Waals surface area contributed by atoms with Crippen LogP contribution in [0.15, 0.2) is 0 Å². The minimum absolute atomic E-state index is 0.0483. The van der Waals surface area contributed by atoms with Crippen LogP contribution in [0, 0.1) is 5.92 Å². The van der Waals surface area contributed by atoms with Crippen molar-refractivity contribution >= 4 is 11.8 Å². The third-order valence-corrected chi connectivity index (χ3v) is 3.00. The van der Waals surface area contributed by atoms with E-state index in [2.05, 4.69) is 5.32 Å². The lowest BCUT2D eigenvalue weighted by atomic mass is 9.91. The van der Waals surface area contributed by atoms with Gasteiger partial charge in [0.25, 0.3) is 0 Å². The molecule has 1 rings (SSSR count). The molecule has 1 atom stereocenters. The van der Waals surface area contributed by atoms with Crippen molar-refractivity contribution in [2.24, 2.45) is 5.92 Å². The summed E-state index contributed by atoms with van der Waals surface area (Å²) in [6.07, 6.45) is 0. The molecule has 98 valence electrons. The number of nitrogens with zero attached hydrogens (tertiary/aromatic N) is 1. The van der Waals surface area contributed by atoms with Crippen LogP contribution in [0.5, 0.6) is 0 Å². The van der Waals surface area contributed by atoms with E-state index in [-0.39, 0.29) is 17.7 Å². The first-order valence-electron chi connectivity index (χ1n) is 5.93. The molecule has 1 saturated heterocycles. The molecule has 1 aliphatic heterocycles. The Labute approximate surface area is 102 Å². The van der Waals surface area contributed by atoms with Crippen LogP contribution in [0.2, 0.25) is 0 Å². The van der Waals surface area contributed by atoms with E-state index in [0.717, 1.165) is 0 Å². The van der Waals surface area contributed by atoms with Crippen LogP contribution in [0.1, 0.15) is 27.7 Å². The maximum Gasteiger partial charge on any atom is 0.248 e. The predicted molar refractivity (Wildman–Crippen MR) is 64.4 cm³/mol. The number of carbonyl (C=O) groups is 2. The molecule has 0 aromatic heterocycles. The van der Waals surface area contributed by atoms with Gasteiger partial charge in [-0.2, -0.15) is 0 Å². The first kappa shape index (κ1) is 14.0. The number of ether oxygens (including phenoxy) is 1. The fourth-order valence-electron chi connectivity index (χ4n) is 2.16. The van der Waals surface area contributed by atoms with E-state index in [1.807, 2.05) is 13.8 Å². The lowest BCUT2D eigenvalue weighted by Crippen LogP contribution is -2.69. The van der Waals surface area contributed by atoms with Gasteiger partial charge in [-0.1, -0.05) is 13.8 Å². The summed E-state index contributed by atoms with van der Waals surface area (Å²) >= 11 is 0. The molecule has 1 N–H and O–H groups in total. The Kier molecular flexibility index (Phi) is 4.14. The summed E-state index contributed by atoms with van der Waals surface area (Å²) in [7, 11) is 1.59.